The Morgan fingerprint density at radius 1 is 1.43 bits per heavy atom. The maximum absolute atomic E-state index is 10.7. The van der Waals surface area contributed by atoms with Crippen molar-refractivity contribution in [1.29, 1.82) is 0 Å². The van der Waals surface area contributed by atoms with Crippen LogP contribution < -0.4 is 0 Å². The fourth-order valence-electron chi connectivity index (χ4n) is 2.01. The lowest BCUT2D eigenvalue weighted by atomic mass is 10.1. The first-order chi connectivity index (χ1) is 9.97. The molecule has 0 fully saturated rings. The number of hydrogen-bond acceptors (Lipinski definition) is 5. The molecular weight excluding hydrogens is 290 g/mol. The van der Waals surface area contributed by atoms with Crippen molar-refractivity contribution in [2.45, 2.75) is 37.9 Å². The molecule has 2 rings (SSSR count). The molecule has 0 saturated carbocycles. The first-order valence-electron chi connectivity index (χ1n) is 6.72. The lowest BCUT2D eigenvalue weighted by Crippen LogP contribution is -2.10. The molecule has 114 valence electrons. The molecule has 0 aliphatic rings. The van der Waals surface area contributed by atoms with Crippen LogP contribution in [0.1, 0.15) is 31.3 Å². The van der Waals surface area contributed by atoms with E-state index in [0.29, 0.717) is 18.9 Å². The second-order valence-corrected chi connectivity index (χ2v) is 5.98. The third-order valence-corrected chi connectivity index (χ3v) is 3.95. The van der Waals surface area contributed by atoms with Crippen molar-refractivity contribution in [3.8, 4) is 0 Å². The standard InChI is InChI=1S/C13H19N5O2S/c1-9(2)10-6-14-13(21-7-12(19)20)18(10)5-4-11-15-8-17(3)16-11/h6,8-9H,4-5,7H2,1-3H3,(H,19,20). The number of nitrogens with zero attached hydrogens (tertiary/aromatic N) is 5. The largest absolute Gasteiger partial charge is 0.481 e. The minimum absolute atomic E-state index is 0.0103. The van der Waals surface area contributed by atoms with E-state index < -0.39 is 5.97 Å². The normalized spacial score (nSPS) is 11.2. The smallest absolute Gasteiger partial charge is 0.313 e. The molecule has 2 heterocycles. The number of thioether (sulfide) groups is 1. The molecular formula is C13H19N5O2S. The summed E-state index contributed by atoms with van der Waals surface area (Å²) in [6.45, 7) is 4.88. The third kappa shape index (κ3) is 4.07. The van der Waals surface area contributed by atoms with Gasteiger partial charge < -0.3 is 9.67 Å². The van der Waals surface area contributed by atoms with E-state index >= 15 is 0 Å². The van der Waals surface area contributed by atoms with Crippen LogP contribution in [0.3, 0.4) is 0 Å². The van der Waals surface area contributed by atoms with Crippen LogP contribution in [0.25, 0.3) is 0 Å². The first kappa shape index (κ1) is 15.6. The van der Waals surface area contributed by atoms with Gasteiger partial charge in [-0.2, -0.15) is 5.10 Å². The van der Waals surface area contributed by atoms with Gasteiger partial charge in [-0.3, -0.25) is 9.48 Å². The molecule has 0 radical (unpaired) electrons. The molecule has 0 amide bonds. The van der Waals surface area contributed by atoms with Gasteiger partial charge in [0.25, 0.3) is 0 Å². The SMILES string of the molecule is CC(C)c1cnc(SCC(=O)O)n1CCc1ncn(C)n1. The summed E-state index contributed by atoms with van der Waals surface area (Å²) in [5.74, 6) is 0.270. The van der Waals surface area contributed by atoms with Gasteiger partial charge in [-0.1, -0.05) is 25.6 Å². The summed E-state index contributed by atoms with van der Waals surface area (Å²) < 4.78 is 3.74. The molecule has 21 heavy (non-hydrogen) atoms. The van der Waals surface area contributed by atoms with Crippen LogP contribution in [0.15, 0.2) is 17.7 Å². The van der Waals surface area contributed by atoms with Gasteiger partial charge in [0.05, 0.1) is 5.75 Å². The number of aliphatic carboxylic acids is 1. The van der Waals surface area contributed by atoms with Gasteiger partial charge in [0.2, 0.25) is 0 Å². The fraction of sp³-hybridized carbons (Fsp3) is 0.538. The van der Waals surface area contributed by atoms with E-state index in [1.165, 1.54) is 11.8 Å². The predicted molar refractivity (Wildman–Crippen MR) is 79.4 cm³/mol. The summed E-state index contributed by atoms with van der Waals surface area (Å²) in [7, 11) is 1.83. The molecule has 0 unspecified atom stereocenters. The zero-order valence-corrected chi connectivity index (χ0v) is 13.2. The predicted octanol–water partition coefficient (Wildman–Crippen LogP) is 1.55. The van der Waals surface area contributed by atoms with Gasteiger partial charge >= 0.3 is 5.97 Å². The van der Waals surface area contributed by atoms with Crippen LogP contribution in [-0.4, -0.2) is 41.1 Å². The lowest BCUT2D eigenvalue weighted by molar-refractivity contribution is -0.133. The maximum atomic E-state index is 10.7. The minimum atomic E-state index is -0.841. The van der Waals surface area contributed by atoms with Crippen molar-refractivity contribution in [3.05, 3.63) is 24.0 Å². The van der Waals surface area contributed by atoms with Gasteiger partial charge in [-0.25, -0.2) is 9.97 Å². The minimum Gasteiger partial charge on any atom is -0.481 e. The van der Waals surface area contributed by atoms with Gasteiger partial charge in [0, 0.05) is 31.9 Å². The molecule has 0 aliphatic carbocycles. The van der Waals surface area contributed by atoms with Gasteiger partial charge in [-0.15, -0.1) is 0 Å². The van der Waals surface area contributed by atoms with Crippen LogP contribution >= 0.6 is 11.8 Å². The van der Waals surface area contributed by atoms with Crippen molar-refractivity contribution in [3.63, 3.8) is 0 Å². The molecule has 0 saturated heterocycles. The molecule has 0 aromatic carbocycles. The van der Waals surface area contributed by atoms with Crippen LogP contribution in [0, 0.1) is 0 Å². The molecule has 2 aromatic rings. The molecule has 7 nitrogen and oxygen atoms in total. The molecule has 0 aliphatic heterocycles. The Balaban J connectivity index is 2.13. The monoisotopic (exact) mass is 309 g/mol. The van der Waals surface area contributed by atoms with E-state index in [1.807, 2.05) is 13.2 Å². The van der Waals surface area contributed by atoms with E-state index in [0.717, 1.165) is 16.7 Å². The second kappa shape index (κ2) is 6.75. The van der Waals surface area contributed by atoms with E-state index in [-0.39, 0.29) is 5.75 Å². The summed E-state index contributed by atoms with van der Waals surface area (Å²) in [6.07, 6.45) is 4.19. The van der Waals surface area contributed by atoms with Crippen molar-refractivity contribution >= 4 is 17.7 Å². The summed E-state index contributed by atoms with van der Waals surface area (Å²) in [5.41, 5.74) is 1.10. The maximum Gasteiger partial charge on any atom is 0.313 e. The topological polar surface area (TPSA) is 85.8 Å². The van der Waals surface area contributed by atoms with E-state index in [9.17, 15) is 4.79 Å². The third-order valence-electron chi connectivity index (χ3n) is 2.97. The van der Waals surface area contributed by atoms with Crippen molar-refractivity contribution < 1.29 is 9.90 Å². The molecule has 0 atom stereocenters. The number of rotatable bonds is 7. The van der Waals surface area contributed by atoms with Crippen LogP contribution in [0.4, 0.5) is 0 Å². The highest BCUT2D eigenvalue weighted by Crippen LogP contribution is 2.23. The van der Waals surface area contributed by atoms with Gasteiger partial charge in [-0.05, 0) is 5.92 Å². The second-order valence-electron chi connectivity index (χ2n) is 5.04. The van der Waals surface area contributed by atoms with Crippen molar-refractivity contribution in [1.82, 2.24) is 24.3 Å². The Morgan fingerprint density at radius 3 is 2.76 bits per heavy atom. The number of aryl methyl sites for hydroxylation is 2. The van der Waals surface area contributed by atoms with E-state index in [1.54, 1.807) is 11.0 Å². The Labute approximate surface area is 127 Å². The Kier molecular flexibility index (Phi) is 5.00. The zero-order valence-electron chi connectivity index (χ0n) is 12.4. The number of hydrogen-bond donors (Lipinski definition) is 1. The summed E-state index contributed by atoms with van der Waals surface area (Å²) in [6, 6.07) is 0. The Morgan fingerprint density at radius 2 is 2.19 bits per heavy atom. The van der Waals surface area contributed by atoms with Crippen LogP contribution in [0.2, 0.25) is 0 Å². The zero-order chi connectivity index (χ0) is 15.4. The average molecular weight is 309 g/mol. The van der Waals surface area contributed by atoms with E-state index in [2.05, 4.69) is 33.5 Å². The quantitative estimate of drug-likeness (QED) is 0.781. The van der Waals surface area contributed by atoms with Crippen molar-refractivity contribution in [2.24, 2.45) is 7.05 Å². The average Bonchev–Trinajstić information content (AvgIpc) is 2.99. The van der Waals surface area contributed by atoms with Gasteiger partial charge in [0.15, 0.2) is 11.0 Å². The number of imidazole rings is 1. The first-order valence-corrected chi connectivity index (χ1v) is 7.70. The molecule has 8 heteroatoms. The number of carboxylic acids is 1. The highest BCUT2D eigenvalue weighted by Gasteiger charge is 2.15. The van der Waals surface area contributed by atoms with Crippen LogP contribution in [0.5, 0.6) is 0 Å². The molecule has 0 spiro atoms. The number of carboxylic acid groups (broad SMARTS) is 1. The van der Waals surface area contributed by atoms with Crippen molar-refractivity contribution in [2.75, 3.05) is 5.75 Å². The van der Waals surface area contributed by atoms with E-state index in [4.69, 9.17) is 5.11 Å². The summed E-state index contributed by atoms with van der Waals surface area (Å²) >= 11 is 1.24. The highest BCUT2D eigenvalue weighted by atomic mass is 32.2. The van der Waals surface area contributed by atoms with Crippen LogP contribution in [-0.2, 0) is 24.8 Å². The highest BCUT2D eigenvalue weighted by molar-refractivity contribution is 7.99. The molecule has 0 bridgehead atoms. The number of aromatic nitrogens is 5. The molecule has 1 N–H and O–H groups in total. The van der Waals surface area contributed by atoms with Gasteiger partial charge in [0.1, 0.15) is 6.33 Å². The Bertz CT molecular complexity index is 620. The summed E-state index contributed by atoms with van der Waals surface area (Å²) in [4.78, 5) is 19.3. The fourth-order valence-corrected chi connectivity index (χ4v) is 2.74. The lowest BCUT2D eigenvalue weighted by Gasteiger charge is -2.12. The molecule has 2 aromatic heterocycles. The Hall–Kier alpha value is -1.83. The summed E-state index contributed by atoms with van der Waals surface area (Å²) in [5, 5.41) is 13.8. The number of carbonyl (C=O) groups is 1.